The van der Waals surface area contributed by atoms with Crippen LogP contribution in [0.25, 0.3) is 5.65 Å². The maximum Gasteiger partial charge on any atom is 0.355 e. The number of likely N-dealkylation sites (N-methyl/N-ethyl adjacent to an activating group) is 1. The number of ether oxygens (including phenoxy) is 1. The molecule has 2 aromatic heterocycles. The van der Waals surface area contributed by atoms with Crippen molar-refractivity contribution in [3.05, 3.63) is 35.8 Å². The third-order valence-electron chi connectivity index (χ3n) is 4.30. The van der Waals surface area contributed by atoms with E-state index in [2.05, 4.69) is 16.9 Å². The SMILES string of the molecule is COC(=O)c1cccc2nc(CC3CCCCN3C)cn12. The van der Waals surface area contributed by atoms with Gasteiger partial charge < -0.3 is 9.64 Å². The minimum atomic E-state index is -0.334. The Kier molecular flexibility index (Phi) is 3.92. The summed E-state index contributed by atoms with van der Waals surface area (Å²) >= 11 is 0. The molecule has 1 aliphatic heterocycles. The number of nitrogens with zero attached hydrogens (tertiary/aromatic N) is 3. The Labute approximate surface area is 124 Å². The summed E-state index contributed by atoms with van der Waals surface area (Å²) < 4.78 is 6.65. The molecule has 0 spiro atoms. The van der Waals surface area contributed by atoms with Crippen LogP contribution in [0.1, 0.15) is 35.4 Å². The lowest BCUT2D eigenvalue weighted by atomic mass is 9.99. The van der Waals surface area contributed by atoms with E-state index in [4.69, 9.17) is 4.74 Å². The Balaban J connectivity index is 1.88. The summed E-state index contributed by atoms with van der Waals surface area (Å²) in [6.07, 6.45) is 6.68. The topological polar surface area (TPSA) is 46.8 Å². The summed E-state index contributed by atoms with van der Waals surface area (Å²) in [6, 6.07) is 6.06. The van der Waals surface area contributed by atoms with E-state index in [1.54, 1.807) is 6.07 Å². The molecule has 1 aliphatic rings. The number of imidazole rings is 1. The molecule has 1 atom stereocenters. The lowest BCUT2D eigenvalue weighted by Gasteiger charge is -2.31. The molecular formula is C16H21N3O2. The van der Waals surface area contributed by atoms with Crippen molar-refractivity contribution in [3.8, 4) is 0 Å². The molecule has 112 valence electrons. The Morgan fingerprint density at radius 3 is 3.05 bits per heavy atom. The van der Waals surface area contributed by atoms with Gasteiger partial charge in [0, 0.05) is 18.7 Å². The van der Waals surface area contributed by atoms with Gasteiger partial charge in [-0.05, 0) is 38.6 Å². The molecule has 0 aromatic carbocycles. The van der Waals surface area contributed by atoms with Crippen LogP contribution >= 0.6 is 0 Å². The molecule has 21 heavy (non-hydrogen) atoms. The fraction of sp³-hybridized carbons (Fsp3) is 0.500. The second-order valence-electron chi connectivity index (χ2n) is 5.70. The molecule has 3 heterocycles. The van der Waals surface area contributed by atoms with Crippen LogP contribution in [-0.2, 0) is 11.2 Å². The van der Waals surface area contributed by atoms with E-state index in [9.17, 15) is 4.79 Å². The van der Waals surface area contributed by atoms with E-state index in [1.807, 2.05) is 22.7 Å². The standard InChI is InChI=1S/C16H21N3O2/c1-18-9-4-3-6-13(18)10-12-11-19-14(16(20)21-2)7-5-8-15(19)17-12/h5,7-8,11,13H,3-4,6,9-10H2,1-2H3. The smallest absolute Gasteiger partial charge is 0.355 e. The van der Waals surface area contributed by atoms with Gasteiger partial charge in [0.2, 0.25) is 0 Å². The van der Waals surface area contributed by atoms with Crippen molar-refractivity contribution in [2.75, 3.05) is 20.7 Å². The molecule has 0 saturated carbocycles. The van der Waals surface area contributed by atoms with Gasteiger partial charge in [0.15, 0.2) is 0 Å². The molecule has 0 radical (unpaired) electrons. The normalized spacial score (nSPS) is 19.8. The number of aromatic nitrogens is 2. The number of hydrogen-bond donors (Lipinski definition) is 0. The van der Waals surface area contributed by atoms with E-state index < -0.39 is 0 Å². The zero-order valence-corrected chi connectivity index (χ0v) is 12.6. The molecule has 5 heteroatoms. The molecule has 0 aliphatic carbocycles. The average Bonchev–Trinajstić information content (AvgIpc) is 2.91. The quantitative estimate of drug-likeness (QED) is 0.812. The Hall–Kier alpha value is -1.88. The number of carbonyl (C=O) groups is 1. The molecule has 0 bridgehead atoms. The van der Waals surface area contributed by atoms with E-state index in [0.717, 1.165) is 24.3 Å². The van der Waals surface area contributed by atoms with Gasteiger partial charge in [-0.15, -0.1) is 0 Å². The van der Waals surface area contributed by atoms with Gasteiger partial charge in [-0.2, -0.15) is 0 Å². The molecule has 0 N–H and O–H groups in total. The number of esters is 1. The van der Waals surface area contributed by atoms with Gasteiger partial charge in [0.25, 0.3) is 0 Å². The van der Waals surface area contributed by atoms with E-state index in [0.29, 0.717) is 11.7 Å². The van der Waals surface area contributed by atoms with Crippen molar-refractivity contribution in [2.24, 2.45) is 0 Å². The third-order valence-corrected chi connectivity index (χ3v) is 4.30. The van der Waals surface area contributed by atoms with Crippen molar-refractivity contribution in [2.45, 2.75) is 31.7 Å². The highest BCUT2D eigenvalue weighted by atomic mass is 16.5. The van der Waals surface area contributed by atoms with Gasteiger partial charge in [0.1, 0.15) is 11.3 Å². The number of hydrogen-bond acceptors (Lipinski definition) is 4. The molecule has 1 unspecified atom stereocenters. The molecule has 3 rings (SSSR count). The summed E-state index contributed by atoms with van der Waals surface area (Å²) in [7, 11) is 3.58. The molecule has 1 saturated heterocycles. The molecular weight excluding hydrogens is 266 g/mol. The summed E-state index contributed by atoms with van der Waals surface area (Å²) in [5.74, 6) is -0.334. The van der Waals surface area contributed by atoms with Crippen LogP contribution < -0.4 is 0 Å². The highest BCUT2D eigenvalue weighted by Gasteiger charge is 2.21. The van der Waals surface area contributed by atoms with Crippen LogP contribution in [0.2, 0.25) is 0 Å². The summed E-state index contributed by atoms with van der Waals surface area (Å²) in [6.45, 7) is 1.16. The van der Waals surface area contributed by atoms with Gasteiger partial charge in [-0.25, -0.2) is 9.78 Å². The van der Waals surface area contributed by atoms with Crippen LogP contribution in [0, 0.1) is 0 Å². The van der Waals surface area contributed by atoms with Crippen LogP contribution in [0.4, 0.5) is 0 Å². The number of carbonyl (C=O) groups excluding carboxylic acids is 1. The van der Waals surface area contributed by atoms with Crippen LogP contribution in [-0.4, -0.2) is 47.0 Å². The first-order valence-electron chi connectivity index (χ1n) is 7.44. The van der Waals surface area contributed by atoms with Gasteiger partial charge >= 0.3 is 5.97 Å². The second kappa shape index (κ2) is 5.85. The van der Waals surface area contributed by atoms with Gasteiger partial charge in [0.05, 0.1) is 12.8 Å². The lowest BCUT2D eigenvalue weighted by molar-refractivity contribution is 0.0592. The number of piperidine rings is 1. The fourth-order valence-electron chi connectivity index (χ4n) is 3.07. The maximum atomic E-state index is 11.8. The predicted molar refractivity (Wildman–Crippen MR) is 80.5 cm³/mol. The van der Waals surface area contributed by atoms with Gasteiger partial charge in [-0.1, -0.05) is 12.5 Å². The summed E-state index contributed by atoms with van der Waals surface area (Å²) in [5, 5.41) is 0. The van der Waals surface area contributed by atoms with E-state index in [1.165, 1.54) is 26.4 Å². The zero-order valence-electron chi connectivity index (χ0n) is 12.6. The second-order valence-corrected chi connectivity index (χ2v) is 5.70. The average molecular weight is 287 g/mol. The number of fused-ring (bicyclic) bond motifs is 1. The molecule has 1 fully saturated rings. The lowest BCUT2D eigenvalue weighted by Crippen LogP contribution is -2.37. The zero-order chi connectivity index (χ0) is 14.8. The summed E-state index contributed by atoms with van der Waals surface area (Å²) in [5.41, 5.74) is 2.35. The Bertz CT molecular complexity index is 650. The Morgan fingerprint density at radius 2 is 2.29 bits per heavy atom. The van der Waals surface area contributed by atoms with Crippen LogP contribution in [0.15, 0.2) is 24.4 Å². The van der Waals surface area contributed by atoms with Gasteiger partial charge in [-0.3, -0.25) is 4.40 Å². The van der Waals surface area contributed by atoms with Crippen molar-refractivity contribution >= 4 is 11.6 Å². The van der Waals surface area contributed by atoms with Crippen molar-refractivity contribution in [1.82, 2.24) is 14.3 Å². The van der Waals surface area contributed by atoms with Crippen molar-refractivity contribution < 1.29 is 9.53 Å². The minimum absolute atomic E-state index is 0.334. The predicted octanol–water partition coefficient (Wildman–Crippen LogP) is 2.15. The largest absolute Gasteiger partial charge is 0.464 e. The van der Waals surface area contributed by atoms with E-state index >= 15 is 0 Å². The van der Waals surface area contributed by atoms with Crippen LogP contribution in [0.5, 0.6) is 0 Å². The summed E-state index contributed by atoms with van der Waals surface area (Å²) in [4.78, 5) is 18.9. The highest BCUT2D eigenvalue weighted by molar-refractivity contribution is 5.88. The van der Waals surface area contributed by atoms with Crippen LogP contribution in [0.3, 0.4) is 0 Å². The Morgan fingerprint density at radius 1 is 1.43 bits per heavy atom. The first-order valence-corrected chi connectivity index (χ1v) is 7.44. The number of rotatable bonds is 3. The molecule has 5 nitrogen and oxygen atoms in total. The fourth-order valence-corrected chi connectivity index (χ4v) is 3.07. The number of pyridine rings is 1. The first kappa shape index (κ1) is 14.1. The maximum absolute atomic E-state index is 11.8. The number of methoxy groups -OCH3 is 1. The minimum Gasteiger partial charge on any atom is -0.464 e. The monoisotopic (exact) mass is 287 g/mol. The van der Waals surface area contributed by atoms with E-state index in [-0.39, 0.29) is 5.97 Å². The molecule has 2 aromatic rings. The highest BCUT2D eigenvalue weighted by Crippen LogP contribution is 2.19. The molecule has 0 amide bonds. The van der Waals surface area contributed by atoms with Crippen molar-refractivity contribution in [1.29, 1.82) is 0 Å². The third kappa shape index (κ3) is 2.78. The van der Waals surface area contributed by atoms with Crippen molar-refractivity contribution in [3.63, 3.8) is 0 Å². The first-order chi connectivity index (χ1) is 10.2. The number of likely N-dealkylation sites (tertiary alicyclic amines) is 1.